The molecule has 7 aromatic carbocycles. The summed E-state index contributed by atoms with van der Waals surface area (Å²) >= 11 is 0. The van der Waals surface area contributed by atoms with Gasteiger partial charge in [0.15, 0.2) is 0 Å². The van der Waals surface area contributed by atoms with Crippen molar-refractivity contribution in [3.8, 4) is 27.9 Å². The highest BCUT2D eigenvalue weighted by molar-refractivity contribution is 6.15. The molecule has 1 aliphatic rings. The highest BCUT2D eigenvalue weighted by Gasteiger charge is 2.36. The van der Waals surface area contributed by atoms with Gasteiger partial charge >= 0.3 is 0 Å². The van der Waals surface area contributed by atoms with Gasteiger partial charge in [-0.25, -0.2) is 9.97 Å². The zero-order chi connectivity index (χ0) is 35.0. The van der Waals surface area contributed by atoms with Crippen LogP contribution in [0.2, 0.25) is 0 Å². The first kappa shape index (κ1) is 28.9. The summed E-state index contributed by atoms with van der Waals surface area (Å²) in [6.07, 6.45) is 0. The number of rotatable bonds is 2. The van der Waals surface area contributed by atoms with Gasteiger partial charge in [0.1, 0.15) is 5.65 Å². The lowest BCUT2D eigenvalue weighted by Gasteiger charge is -2.21. The minimum atomic E-state index is -0.0809. The zero-order valence-electron chi connectivity index (χ0n) is 29.3. The Bertz CT molecular complexity index is 3380. The first-order valence-corrected chi connectivity index (χ1v) is 18.3. The molecule has 0 unspecified atom stereocenters. The van der Waals surface area contributed by atoms with Crippen molar-refractivity contribution in [2.45, 2.75) is 19.3 Å². The van der Waals surface area contributed by atoms with Crippen LogP contribution in [0.4, 0.5) is 0 Å². The zero-order valence-corrected chi connectivity index (χ0v) is 29.3. The molecule has 0 saturated heterocycles. The van der Waals surface area contributed by atoms with Crippen molar-refractivity contribution < 1.29 is 0 Å². The molecule has 0 bridgehead atoms. The topological polar surface area (TPSA) is 35.1 Å². The Morgan fingerprint density at radius 2 is 1.23 bits per heavy atom. The van der Waals surface area contributed by atoms with Gasteiger partial charge in [-0.05, 0) is 94.0 Å². The van der Waals surface area contributed by atoms with Crippen molar-refractivity contribution in [3.63, 3.8) is 0 Å². The summed E-state index contributed by atoms with van der Waals surface area (Å²) in [7, 11) is 0. The third kappa shape index (κ3) is 3.84. The summed E-state index contributed by atoms with van der Waals surface area (Å²) in [5, 5.41) is 5.84. The normalized spacial score (nSPS) is 13.6. The van der Waals surface area contributed by atoms with E-state index in [1.165, 1.54) is 44.1 Å². The second kappa shape index (κ2) is 10.2. The number of para-hydroxylation sites is 4. The van der Waals surface area contributed by atoms with Gasteiger partial charge in [0.05, 0.1) is 38.6 Å². The number of hydrogen-bond donors (Lipinski definition) is 0. The predicted molar refractivity (Wildman–Crippen MR) is 220 cm³/mol. The van der Waals surface area contributed by atoms with E-state index in [9.17, 15) is 0 Å². The Morgan fingerprint density at radius 1 is 0.453 bits per heavy atom. The van der Waals surface area contributed by atoms with E-state index in [0.29, 0.717) is 0 Å². The lowest BCUT2D eigenvalue weighted by Crippen LogP contribution is -2.14. The maximum Gasteiger partial charge on any atom is 0.147 e. The number of nitrogens with zero attached hydrogens (tertiary/aromatic N) is 4. The fraction of sp³-hybridized carbons (Fsp3) is 0.0612. The first-order valence-electron chi connectivity index (χ1n) is 18.3. The minimum Gasteiger partial charge on any atom is -0.309 e. The van der Waals surface area contributed by atoms with Gasteiger partial charge in [0.2, 0.25) is 0 Å². The molecule has 0 spiro atoms. The summed E-state index contributed by atoms with van der Waals surface area (Å²) in [6, 6.07) is 57.5. The van der Waals surface area contributed by atoms with Crippen LogP contribution in [-0.2, 0) is 5.41 Å². The molecular weight excluding hydrogens is 645 g/mol. The molecule has 4 heteroatoms. The van der Waals surface area contributed by atoms with E-state index in [1.807, 2.05) is 0 Å². The Kier molecular flexibility index (Phi) is 5.54. The lowest BCUT2D eigenvalue weighted by molar-refractivity contribution is 0.661. The van der Waals surface area contributed by atoms with Crippen LogP contribution >= 0.6 is 0 Å². The van der Waals surface area contributed by atoms with E-state index >= 15 is 0 Å². The van der Waals surface area contributed by atoms with Crippen molar-refractivity contribution in [1.29, 1.82) is 0 Å². The van der Waals surface area contributed by atoms with Crippen LogP contribution < -0.4 is 0 Å². The van der Waals surface area contributed by atoms with Gasteiger partial charge in [0.25, 0.3) is 0 Å². The summed E-state index contributed by atoms with van der Waals surface area (Å²) in [4.78, 5) is 10.4. The smallest absolute Gasteiger partial charge is 0.147 e. The summed E-state index contributed by atoms with van der Waals surface area (Å²) in [5.41, 5.74) is 17.4. The molecule has 4 aromatic heterocycles. The van der Waals surface area contributed by atoms with E-state index in [2.05, 4.69) is 181 Å². The number of hydrogen-bond acceptors (Lipinski definition) is 2. The Morgan fingerprint density at radius 3 is 2.15 bits per heavy atom. The summed E-state index contributed by atoms with van der Waals surface area (Å²) in [5.74, 6) is 0. The van der Waals surface area contributed by atoms with Gasteiger partial charge < -0.3 is 4.57 Å². The maximum atomic E-state index is 5.23. The fourth-order valence-electron chi connectivity index (χ4n) is 9.30. The molecule has 0 aliphatic heterocycles. The van der Waals surface area contributed by atoms with Crippen LogP contribution in [0.15, 0.2) is 158 Å². The van der Waals surface area contributed by atoms with Gasteiger partial charge in [-0.2, -0.15) is 0 Å². The molecule has 0 atom stereocenters. The van der Waals surface area contributed by atoms with E-state index < -0.39 is 0 Å². The molecule has 0 amide bonds. The Hall–Kier alpha value is -6.78. The van der Waals surface area contributed by atoms with Crippen LogP contribution in [0.25, 0.3) is 99.1 Å². The van der Waals surface area contributed by atoms with E-state index in [1.54, 1.807) is 0 Å². The van der Waals surface area contributed by atoms with Crippen LogP contribution in [-0.4, -0.2) is 18.9 Å². The average molecular weight is 677 g/mol. The monoisotopic (exact) mass is 676 g/mol. The van der Waals surface area contributed by atoms with Crippen molar-refractivity contribution in [2.24, 2.45) is 0 Å². The van der Waals surface area contributed by atoms with Gasteiger partial charge in [-0.1, -0.05) is 111 Å². The lowest BCUT2D eigenvalue weighted by atomic mass is 9.82. The molecule has 1 aliphatic carbocycles. The van der Waals surface area contributed by atoms with Crippen molar-refractivity contribution >= 4 is 71.2 Å². The first-order chi connectivity index (χ1) is 26.0. The quantitative estimate of drug-likeness (QED) is 0.135. The third-order valence-corrected chi connectivity index (χ3v) is 11.8. The third-order valence-electron chi connectivity index (χ3n) is 11.8. The standard InChI is InChI=1S/C49H32N4/c1-49(2)39-17-6-4-15-33(39)36-27-37-34-16-5-9-20-43(34)52(46(37)28-40(36)49)32-14-11-13-29(24-32)30-22-23-35-45(26-30)53-44-21-10-8-19-42(44)51-48(53)38-25-31-12-3-7-18-41(31)50-47(35)38/h3-28H,1-2H3. The van der Waals surface area contributed by atoms with Crippen LogP contribution in [0.5, 0.6) is 0 Å². The summed E-state index contributed by atoms with van der Waals surface area (Å²) < 4.78 is 4.78. The van der Waals surface area contributed by atoms with Gasteiger partial charge in [0, 0.05) is 38.0 Å². The number of pyridine rings is 2. The van der Waals surface area contributed by atoms with Crippen molar-refractivity contribution in [1.82, 2.24) is 18.9 Å². The van der Waals surface area contributed by atoms with Crippen LogP contribution in [0.3, 0.4) is 0 Å². The summed E-state index contributed by atoms with van der Waals surface area (Å²) in [6.45, 7) is 4.72. The van der Waals surface area contributed by atoms with Gasteiger partial charge in [-0.3, -0.25) is 4.40 Å². The van der Waals surface area contributed by atoms with E-state index in [0.717, 1.165) is 66.2 Å². The second-order valence-corrected chi connectivity index (χ2v) is 15.1. The van der Waals surface area contributed by atoms with Gasteiger partial charge in [-0.15, -0.1) is 0 Å². The van der Waals surface area contributed by atoms with Crippen LogP contribution in [0, 0.1) is 0 Å². The molecule has 0 radical (unpaired) electrons. The van der Waals surface area contributed by atoms with E-state index in [4.69, 9.17) is 9.97 Å². The molecule has 0 N–H and O–H groups in total. The molecule has 248 valence electrons. The number of aromatic nitrogens is 4. The minimum absolute atomic E-state index is 0.0809. The molecule has 0 fully saturated rings. The van der Waals surface area contributed by atoms with E-state index in [-0.39, 0.29) is 5.41 Å². The van der Waals surface area contributed by atoms with Crippen molar-refractivity contribution in [2.75, 3.05) is 0 Å². The predicted octanol–water partition coefficient (Wildman–Crippen LogP) is 12.4. The van der Waals surface area contributed by atoms with Crippen LogP contribution in [0.1, 0.15) is 25.0 Å². The molecule has 4 nitrogen and oxygen atoms in total. The molecule has 11 aromatic rings. The number of imidazole rings is 1. The second-order valence-electron chi connectivity index (χ2n) is 15.1. The SMILES string of the molecule is CC1(C)c2ccccc2-c2cc3c4ccccc4n(-c4cccc(-c5ccc6c7nc8ccccc8cc7c7nc8ccccc8n7c6c5)c4)c3cc21. The molecule has 0 saturated carbocycles. The molecule has 4 heterocycles. The Labute approximate surface area is 305 Å². The highest BCUT2D eigenvalue weighted by atomic mass is 15.0. The molecule has 12 rings (SSSR count). The Balaban J connectivity index is 1.10. The number of benzene rings is 7. The average Bonchev–Trinajstić information content (AvgIpc) is 3.82. The molecular formula is C49H32N4. The largest absolute Gasteiger partial charge is 0.309 e. The fourth-order valence-corrected chi connectivity index (χ4v) is 9.30. The highest BCUT2D eigenvalue weighted by Crippen LogP contribution is 2.51. The maximum absolute atomic E-state index is 5.23. The molecule has 53 heavy (non-hydrogen) atoms. The number of fused-ring (bicyclic) bond motifs is 15. The van der Waals surface area contributed by atoms with Crippen molar-refractivity contribution in [3.05, 3.63) is 169 Å².